The normalized spacial score (nSPS) is 13.5. The molecule has 1 heterocycles. The number of imide groups is 1. The Balaban J connectivity index is 1.75. The molecule has 2 amide bonds. The Hall–Kier alpha value is -4.06. The third-order valence-electron chi connectivity index (χ3n) is 5.78. The van der Waals surface area contributed by atoms with Crippen LogP contribution < -0.4 is 14.5 Å². The molecule has 0 spiro atoms. The smallest absolute Gasteiger partial charge is 0.282 e. The van der Waals surface area contributed by atoms with Crippen molar-refractivity contribution in [3.63, 3.8) is 0 Å². The summed E-state index contributed by atoms with van der Waals surface area (Å²) in [6.07, 6.45) is 0. The minimum absolute atomic E-state index is 0.329. The van der Waals surface area contributed by atoms with Crippen LogP contribution in [-0.4, -0.2) is 44.5 Å². The molecule has 6 heteroatoms. The zero-order valence-corrected chi connectivity index (χ0v) is 20.0. The van der Waals surface area contributed by atoms with Gasteiger partial charge in [0, 0.05) is 33.4 Å². The predicted molar refractivity (Wildman–Crippen MR) is 136 cm³/mol. The topological polar surface area (TPSA) is 53.1 Å². The number of rotatable bonds is 8. The average molecular weight is 456 g/mol. The van der Waals surface area contributed by atoms with Gasteiger partial charge in [-0.15, -0.1) is 0 Å². The molecule has 0 aliphatic carbocycles. The van der Waals surface area contributed by atoms with Crippen molar-refractivity contribution in [1.82, 2.24) is 4.90 Å². The molecule has 0 atom stereocenters. The third kappa shape index (κ3) is 4.53. The summed E-state index contributed by atoms with van der Waals surface area (Å²) in [6.45, 7) is 2.98. The lowest BCUT2D eigenvalue weighted by molar-refractivity contribution is -0.120. The highest BCUT2D eigenvalue weighted by molar-refractivity contribution is 6.45. The van der Waals surface area contributed by atoms with Gasteiger partial charge < -0.3 is 14.5 Å². The average Bonchev–Trinajstić information content (AvgIpc) is 3.10. The molecule has 0 fully saturated rings. The number of amides is 2. The summed E-state index contributed by atoms with van der Waals surface area (Å²) in [5, 5.41) is 0. The molecule has 34 heavy (non-hydrogen) atoms. The molecule has 0 N–H and O–H groups in total. The maximum absolute atomic E-state index is 13.7. The molecular formula is C28H29N3O3. The number of carbonyl (C=O) groups is 2. The van der Waals surface area contributed by atoms with E-state index in [9.17, 15) is 9.59 Å². The third-order valence-corrected chi connectivity index (χ3v) is 5.78. The number of anilines is 2. The molecule has 0 radical (unpaired) electrons. The minimum Gasteiger partial charge on any atom is -0.494 e. The largest absolute Gasteiger partial charge is 0.494 e. The van der Waals surface area contributed by atoms with Crippen LogP contribution in [0, 0.1) is 0 Å². The fraction of sp³-hybridized carbons (Fsp3) is 0.214. The predicted octanol–water partition coefficient (Wildman–Crippen LogP) is 4.57. The molecule has 0 saturated heterocycles. The standard InChI is InChI=1S/C28H29N3O3/c1-5-34-24-17-11-21(12-18-24)25-26(30(4)19-20-9-7-6-8-10-20)28(33)31(27(25)32)23-15-13-22(14-16-23)29(2)3/h6-18H,5,19H2,1-4H3. The molecule has 3 aromatic carbocycles. The van der Waals surface area contributed by atoms with E-state index in [0.717, 1.165) is 17.0 Å². The van der Waals surface area contributed by atoms with E-state index in [1.165, 1.54) is 4.90 Å². The molecule has 3 aromatic rings. The molecule has 1 aliphatic heterocycles. The molecule has 174 valence electrons. The van der Waals surface area contributed by atoms with Crippen molar-refractivity contribution in [2.24, 2.45) is 0 Å². The number of carbonyl (C=O) groups excluding carboxylic acids is 2. The van der Waals surface area contributed by atoms with Gasteiger partial charge in [-0.3, -0.25) is 9.59 Å². The lowest BCUT2D eigenvalue weighted by atomic mass is 10.0. The Morgan fingerprint density at radius 1 is 0.794 bits per heavy atom. The molecular weight excluding hydrogens is 426 g/mol. The SMILES string of the molecule is CCOc1ccc(C2=C(N(C)Cc3ccccc3)C(=O)N(c3ccc(N(C)C)cc3)C2=O)cc1. The Morgan fingerprint density at radius 3 is 2.03 bits per heavy atom. The van der Waals surface area contributed by atoms with Gasteiger partial charge in [0.05, 0.1) is 17.9 Å². The molecule has 1 aliphatic rings. The first-order chi connectivity index (χ1) is 16.4. The Kier molecular flexibility index (Phi) is 6.68. The lowest BCUT2D eigenvalue weighted by Crippen LogP contribution is -2.34. The van der Waals surface area contributed by atoms with Gasteiger partial charge in [0.2, 0.25) is 0 Å². The highest BCUT2D eigenvalue weighted by Gasteiger charge is 2.41. The van der Waals surface area contributed by atoms with Crippen LogP contribution >= 0.6 is 0 Å². The van der Waals surface area contributed by atoms with Gasteiger partial charge in [-0.2, -0.15) is 0 Å². The number of likely N-dealkylation sites (N-methyl/N-ethyl adjacent to an activating group) is 1. The number of benzene rings is 3. The second-order valence-electron chi connectivity index (χ2n) is 8.38. The monoisotopic (exact) mass is 455 g/mol. The molecule has 0 aromatic heterocycles. The van der Waals surface area contributed by atoms with E-state index in [0.29, 0.717) is 35.7 Å². The van der Waals surface area contributed by atoms with Crippen molar-refractivity contribution in [2.45, 2.75) is 13.5 Å². The molecule has 0 saturated carbocycles. The fourth-order valence-electron chi connectivity index (χ4n) is 4.09. The molecule has 0 bridgehead atoms. The molecule has 0 unspecified atom stereocenters. The van der Waals surface area contributed by atoms with E-state index >= 15 is 0 Å². The van der Waals surface area contributed by atoms with Gasteiger partial charge in [-0.25, -0.2) is 4.90 Å². The quantitative estimate of drug-likeness (QED) is 0.466. The summed E-state index contributed by atoms with van der Waals surface area (Å²) in [5.41, 5.74) is 4.05. The van der Waals surface area contributed by atoms with E-state index in [1.54, 1.807) is 12.1 Å². The zero-order chi connectivity index (χ0) is 24.2. The van der Waals surface area contributed by atoms with E-state index in [1.807, 2.05) is 105 Å². The maximum atomic E-state index is 13.7. The van der Waals surface area contributed by atoms with Crippen molar-refractivity contribution in [3.05, 3.63) is 95.7 Å². The molecule has 6 nitrogen and oxygen atoms in total. The molecule has 4 rings (SSSR count). The van der Waals surface area contributed by atoms with Crippen LogP contribution in [0.4, 0.5) is 11.4 Å². The number of ether oxygens (including phenoxy) is 1. The summed E-state index contributed by atoms with van der Waals surface area (Å²) in [7, 11) is 5.74. The van der Waals surface area contributed by atoms with Crippen molar-refractivity contribution in [3.8, 4) is 5.75 Å². The van der Waals surface area contributed by atoms with Gasteiger partial charge in [0.15, 0.2) is 0 Å². The number of hydrogen-bond donors (Lipinski definition) is 0. The second-order valence-corrected chi connectivity index (χ2v) is 8.38. The van der Waals surface area contributed by atoms with Crippen molar-refractivity contribution >= 4 is 28.8 Å². The van der Waals surface area contributed by atoms with Crippen LogP contribution in [0.5, 0.6) is 5.75 Å². The first kappa shape index (κ1) is 23.1. The van der Waals surface area contributed by atoms with Gasteiger partial charge in [0.25, 0.3) is 11.8 Å². The van der Waals surface area contributed by atoms with Gasteiger partial charge in [-0.1, -0.05) is 42.5 Å². The van der Waals surface area contributed by atoms with E-state index in [2.05, 4.69) is 0 Å². The number of nitrogens with zero attached hydrogens (tertiary/aromatic N) is 3. The first-order valence-corrected chi connectivity index (χ1v) is 11.3. The Bertz CT molecular complexity index is 1200. The van der Waals surface area contributed by atoms with E-state index in [4.69, 9.17) is 4.74 Å². The van der Waals surface area contributed by atoms with Gasteiger partial charge in [-0.05, 0) is 54.4 Å². The summed E-state index contributed by atoms with van der Waals surface area (Å²) >= 11 is 0. The summed E-state index contributed by atoms with van der Waals surface area (Å²) in [4.78, 5) is 32.5. The van der Waals surface area contributed by atoms with E-state index in [-0.39, 0.29) is 11.8 Å². The van der Waals surface area contributed by atoms with E-state index < -0.39 is 0 Å². The van der Waals surface area contributed by atoms with Crippen LogP contribution in [0.25, 0.3) is 5.57 Å². The summed E-state index contributed by atoms with van der Waals surface area (Å²) in [5.74, 6) is 0.0607. The van der Waals surface area contributed by atoms with Gasteiger partial charge >= 0.3 is 0 Å². The van der Waals surface area contributed by atoms with Crippen molar-refractivity contribution < 1.29 is 14.3 Å². The van der Waals surface area contributed by atoms with Crippen LogP contribution in [-0.2, 0) is 16.1 Å². The first-order valence-electron chi connectivity index (χ1n) is 11.3. The fourth-order valence-corrected chi connectivity index (χ4v) is 4.09. The second kappa shape index (κ2) is 9.83. The van der Waals surface area contributed by atoms with Gasteiger partial charge in [0.1, 0.15) is 11.4 Å². The van der Waals surface area contributed by atoms with Crippen molar-refractivity contribution in [1.29, 1.82) is 0 Å². The van der Waals surface area contributed by atoms with Crippen LogP contribution in [0.1, 0.15) is 18.1 Å². The van der Waals surface area contributed by atoms with Crippen LogP contribution in [0.3, 0.4) is 0 Å². The number of hydrogen-bond acceptors (Lipinski definition) is 5. The Morgan fingerprint density at radius 2 is 1.44 bits per heavy atom. The minimum atomic E-state index is -0.332. The van der Waals surface area contributed by atoms with Crippen LogP contribution in [0.15, 0.2) is 84.6 Å². The highest BCUT2D eigenvalue weighted by atomic mass is 16.5. The maximum Gasteiger partial charge on any atom is 0.282 e. The highest BCUT2D eigenvalue weighted by Crippen LogP contribution is 2.36. The summed E-state index contributed by atoms with van der Waals surface area (Å²) in [6, 6.07) is 24.6. The Labute approximate surface area is 200 Å². The zero-order valence-electron chi connectivity index (χ0n) is 20.0. The van der Waals surface area contributed by atoms with Crippen LogP contribution in [0.2, 0.25) is 0 Å². The lowest BCUT2D eigenvalue weighted by Gasteiger charge is -2.22. The van der Waals surface area contributed by atoms with Crippen molar-refractivity contribution in [2.75, 3.05) is 37.5 Å². The summed E-state index contributed by atoms with van der Waals surface area (Å²) < 4.78 is 5.55.